The third-order valence-electron chi connectivity index (χ3n) is 6.54. The van der Waals surface area contributed by atoms with Crippen LogP contribution in [0.25, 0.3) is 5.76 Å². The molecule has 1 amide bonds. The monoisotopic (exact) mass is 546 g/mol. The topological polar surface area (TPSA) is 132 Å². The molecule has 4 rings (SSSR count). The van der Waals surface area contributed by atoms with Crippen LogP contribution in [-0.4, -0.2) is 95.2 Å². The molecule has 1 N–H and O–H groups in total. The molecule has 0 bridgehead atoms. The maximum Gasteiger partial charge on any atom is 0.295 e. The van der Waals surface area contributed by atoms with Crippen LogP contribution in [0.15, 0.2) is 52.9 Å². The van der Waals surface area contributed by atoms with Gasteiger partial charge in [0, 0.05) is 32.3 Å². The van der Waals surface area contributed by atoms with E-state index in [1.54, 1.807) is 18.2 Å². The van der Waals surface area contributed by atoms with E-state index in [2.05, 4.69) is 0 Å². The predicted molar refractivity (Wildman–Crippen MR) is 136 cm³/mol. The number of carbonyl (C=O) groups is 2. The number of sulfonamides is 1. The highest BCUT2D eigenvalue weighted by Crippen LogP contribution is 2.42. The minimum atomic E-state index is -3.74. The number of ketones is 1. The summed E-state index contributed by atoms with van der Waals surface area (Å²) in [5.74, 6) is -1.21. The lowest BCUT2D eigenvalue weighted by atomic mass is 9.95. The maximum atomic E-state index is 13.2. The first-order valence-electron chi connectivity index (χ1n) is 11.9. The van der Waals surface area contributed by atoms with E-state index in [0.717, 1.165) is 0 Å². The number of likely N-dealkylation sites (tertiary alicyclic amines) is 1. The van der Waals surface area contributed by atoms with Crippen molar-refractivity contribution < 1.29 is 42.1 Å². The van der Waals surface area contributed by atoms with E-state index in [-0.39, 0.29) is 42.3 Å². The summed E-state index contributed by atoms with van der Waals surface area (Å²) in [4.78, 5) is 27.5. The van der Waals surface area contributed by atoms with Crippen molar-refractivity contribution in [3.63, 3.8) is 0 Å². The zero-order valence-corrected chi connectivity index (χ0v) is 22.2. The molecule has 12 heteroatoms. The Morgan fingerprint density at radius 3 is 2.26 bits per heavy atom. The quantitative estimate of drug-likeness (QED) is 0.284. The summed E-state index contributed by atoms with van der Waals surface area (Å²) in [5, 5.41) is 11.3. The summed E-state index contributed by atoms with van der Waals surface area (Å²) in [6, 6.07) is 9.60. The standard InChI is InChI=1S/C26H30N2O9S/c1-34-13-12-28-23(18-6-9-20(35-2)21(16-18)36-3)22(25(30)26(28)31)24(29)17-4-7-19(8-5-17)38(32,33)27-10-14-37-15-11-27/h4-9,16,23,29H,10-15H2,1-3H3. The van der Waals surface area contributed by atoms with Crippen LogP contribution in [0.5, 0.6) is 11.5 Å². The first-order chi connectivity index (χ1) is 18.2. The van der Waals surface area contributed by atoms with E-state index < -0.39 is 33.5 Å². The molecule has 0 saturated carbocycles. The van der Waals surface area contributed by atoms with Crippen LogP contribution in [0, 0.1) is 0 Å². The summed E-state index contributed by atoms with van der Waals surface area (Å²) in [7, 11) is 0.697. The van der Waals surface area contributed by atoms with Gasteiger partial charge >= 0.3 is 0 Å². The van der Waals surface area contributed by atoms with E-state index in [9.17, 15) is 23.1 Å². The van der Waals surface area contributed by atoms with Gasteiger partial charge in [0.15, 0.2) is 11.5 Å². The maximum absolute atomic E-state index is 13.2. The van der Waals surface area contributed by atoms with Gasteiger partial charge in [-0.2, -0.15) is 4.31 Å². The van der Waals surface area contributed by atoms with Gasteiger partial charge in [-0.25, -0.2) is 8.42 Å². The van der Waals surface area contributed by atoms with Gasteiger partial charge < -0.3 is 29.0 Å². The minimum absolute atomic E-state index is 0.0490. The zero-order valence-electron chi connectivity index (χ0n) is 21.4. The average molecular weight is 547 g/mol. The van der Waals surface area contributed by atoms with Gasteiger partial charge in [-0.15, -0.1) is 0 Å². The third kappa shape index (κ3) is 5.12. The molecular weight excluding hydrogens is 516 g/mol. The lowest BCUT2D eigenvalue weighted by molar-refractivity contribution is -0.140. The number of methoxy groups -OCH3 is 3. The first kappa shape index (κ1) is 27.6. The van der Waals surface area contributed by atoms with Crippen LogP contribution >= 0.6 is 0 Å². The SMILES string of the molecule is COCCN1C(=O)C(=O)C(=C(O)c2ccc(S(=O)(=O)N3CCOCC3)cc2)C1c1ccc(OC)c(OC)c1. The summed E-state index contributed by atoms with van der Waals surface area (Å²) < 4.78 is 48.3. The van der Waals surface area contributed by atoms with Crippen molar-refractivity contribution in [1.29, 1.82) is 0 Å². The number of ether oxygens (including phenoxy) is 4. The second kappa shape index (κ2) is 11.5. The number of hydrogen-bond acceptors (Lipinski definition) is 9. The van der Waals surface area contributed by atoms with Crippen molar-refractivity contribution in [3.05, 3.63) is 59.2 Å². The van der Waals surface area contributed by atoms with Crippen LogP contribution in [0.2, 0.25) is 0 Å². The molecule has 38 heavy (non-hydrogen) atoms. The van der Waals surface area contributed by atoms with Crippen LogP contribution in [0.1, 0.15) is 17.2 Å². The Morgan fingerprint density at radius 1 is 1.00 bits per heavy atom. The fourth-order valence-corrected chi connectivity index (χ4v) is 5.95. The lowest BCUT2D eigenvalue weighted by Crippen LogP contribution is -2.40. The highest BCUT2D eigenvalue weighted by atomic mass is 32.2. The Labute approximate surface area is 221 Å². The molecule has 2 aliphatic rings. The molecule has 2 aliphatic heterocycles. The molecule has 0 aliphatic carbocycles. The molecular formula is C26H30N2O9S. The predicted octanol–water partition coefficient (Wildman–Crippen LogP) is 1.79. The van der Waals surface area contributed by atoms with Gasteiger partial charge in [0.05, 0.1) is 50.6 Å². The van der Waals surface area contributed by atoms with Crippen LogP contribution in [0.3, 0.4) is 0 Å². The number of morpholine rings is 1. The van der Waals surface area contributed by atoms with Gasteiger partial charge in [-0.3, -0.25) is 9.59 Å². The number of hydrogen-bond donors (Lipinski definition) is 1. The van der Waals surface area contributed by atoms with E-state index in [1.165, 1.54) is 54.8 Å². The zero-order chi connectivity index (χ0) is 27.4. The number of aliphatic hydroxyl groups excluding tert-OH is 1. The molecule has 204 valence electrons. The second-order valence-electron chi connectivity index (χ2n) is 8.64. The average Bonchev–Trinajstić information content (AvgIpc) is 3.20. The molecule has 1 unspecified atom stereocenters. The summed E-state index contributed by atoms with van der Waals surface area (Å²) >= 11 is 0. The first-order valence-corrected chi connectivity index (χ1v) is 13.4. The van der Waals surface area contributed by atoms with Crippen molar-refractivity contribution >= 4 is 27.5 Å². The molecule has 2 fully saturated rings. The fourth-order valence-electron chi connectivity index (χ4n) is 4.55. The molecule has 11 nitrogen and oxygen atoms in total. The normalized spacial score (nSPS) is 20.1. The van der Waals surface area contributed by atoms with E-state index >= 15 is 0 Å². The van der Waals surface area contributed by atoms with Crippen molar-refractivity contribution in [2.45, 2.75) is 10.9 Å². The van der Waals surface area contributed by atoms with Gasteiger partial charge in [-0.05, 0) is 42.0 Å². The second-order valence-corrected chi connectivity index (χ2v) is 10.6. The van der Waals surface area contributed by atoms with Crippen molar-refractivity contribution in [2.24, 2.45) is 0 Å². The van der Waals surface area contributed by atoms with Crippen molar-refractivity contribution in [2.75, 3.05) is 60.8 Å². The molecule has 2 saturated heterocycles. The van der Waals surface area contributed by atoms with Gasteiger partial charge in [0.1, 0.15) is 5.76 Å². The van der Waals surface area contributed by atoms with Crippen LogP contribution in [-0.2, 0) is 29.1 Å². The molecule has 2 aromatic rings. The number of rotatable bonds is 9. The summed E-state index contributed by atoms with van der Waals surface area (Å²) in [6.07, 6.45) is 0. The Hall–Kier alpha value is -3.45. The number of amides is 1. The number of aliphatic hydroxyl groups is 1. The Balaban J connectivity index is 1.77. The van der Waals surface area contributed by atoms with Crippen LogP contribution in [0.4, 0.5) is 0 Å². The number of benzene rings is 2. The summed E-state index contributed by atoms with van der Waals surface area (Å²) in [6.45, 7) is 1.41. The Morgan fingerprint density at radius 2 is 1.66 bits per heavy atom. The Kier molecular flexibility index (Phi) is 8.36. The lowest BCUT2D eigenvalue weighted by Gasteiger charge is -2.26. The number of nitrogens with zero attached hydrogens (tertiary/aromatic N) is 2. The largest absolute Gasteiger partial charge is 0.507 e. The molecule has 1 atom stereocenters. The molecule has 0 spiro atoms. The molecule has 2 heterocycles. The third-order valence-corrected chi connectivity index (χ3v) is 8.45. The molecule has 0 radical (unpaired) electrons. The molecule has 0 aromatic heterocycles. The van der Waals surface area contributed by atoms with E-state index in [0.29, 0.717) is 30.3 Å². The molecule has 2 aromatic carbocycles. The fraction of sp³-hybridized carbons (Fsp3) is 0.385. The van der Waals surface area contributed by atoms with Gasteiger partial charge in [0.2, 0.25) is 10.0 Å². The highest BCUT2D eigenvalue weighted by Gasteiger charge is 2.46. The van der Waals surface area contributed by atoms with Crippen molar-refractivity contribution in [3.8, 4) is 11.5 Å². The Bertz CT molecular complexity index is 1330. The van der Waals surface area contributed by atoms with E-state index in [4.69, 9.17) is 18.9 Å². The highest BCUT2D eigenvalue weighted by molar-refractivity contribution is 7.89. The van der Waals surface area contributed by atoms with Gasteiger partial charge in [0.25, 0.3) is 11.7 Å². The van der Waals surface area contributed by atoms with Crippen LogP contribution < -0.4 is 9.47 Å². The summed E-state index contributed by atoms with van der Waals surface area (Å²) in [5.41, 5.74) is 0.592. The smallest absolute Gasteiger partial charge is 0.295 e. The van der Waals surface area contributed by atoms with Gasteiger partial charge in [-0.1, -0.05) is 6.07 Å². The number of Topliss-reactive ketones (excluding diaryl/α,β-unsaturated/α-hetero) is 1. The van der Waals surface area contributed by atoms with E-state index in [1.807, 2.05) is 0 Å². The minimum Gasteiger partial charge on any atom is -0.507 e. The van der Waals surface area contributed by atoms with Crippen molar-refractivity contribution in [1.82, 2.24) is 9.21 Å². The number of carbonyl (C=O) groups excluding carboxylic acids is 2.